The molecule has 0 saturated heterocycles. The van der Waals surface area contributed by atoms with Crippen LogP contribution in [-0.4, -0.2) is 45.2 Å². The zero-order valence-corrected chi connectivity index (χ0v) is 12.7. The van der Waals surface area contributed by atoms with Gasteiger partial charge >= 0.3 is 10.5 Å². The fraction of sp³-hybridized carbons (Fsp3) is 0.200. The Bertz CT molecular complexity index is 728. The average molecular weight is 335 g/mol. The molecule has 116 valence electrons. The second-order valence-corrected chi connectivity index (χ2v) is 6.02. The molecule has 0 saturated carbocycles. The maximum atomic E-state index is 11.9. The number of hydrogen-bond acceptors (Lipinski definition) is 6. The van der Waals surface area contributed by atoms with Crippen molar-refractivity contribution in [3.8, 4) is 0 Å². The van der Waals surface area contributed by atoms with Crippen molar-refractivity contribution in [2.75, 3.05) is 7.05 Å². The Morgan fingerprint density at radius 2 is 1.71 bits per heavy atom. The van der Waals surface area contributed by atoms with Gasteiger partial charge in [-0.2, -0.15) is 8.42 Å². The van der Waals surface area contributed by atoms with Crippen molar-refractivity contribution in [1.82, 2.24) is 4.31 Å². The van der Waals surface area contributed by atoms with Crippen LogP contribution < -0.4 is 0 Å². The number of carbonyl (C=O) groups is 1. The van der Waals surface area contributed by atoms with Crippen LogP contribution in [0.25, 0.3) is 0 Å². The molecule has 21 heavy (non-hydrogen) atoms. The zero-order valence-electron chi connectivity index (χ0n) is 11.1. The van der Waals surface area contributed by atoms with E-state index < -0.39 is 32.5 Å². The number of hydrogen-bond donors (Lipinski definition) is 2. The van der Waals surface area contributed by atoms with Gasteiger partial charge in [0.1, 0.15) is 0 Å². The summed E-state index contributed by atoms with van der Waals surface area (Å²) in [5.41, 5.74) is 0. The van der Waals surface area contributed by atoms with Crippen molar-refractivity contribution in [1.29, 1.82) is 5.41 Å². The first-order chi connectivity index (χ1) is 9.59. The summed E-state index contributed by atoms with van der Waals surface area (Å²) in [6, 6.07) is 7.36. The van der Waals surface area contributed by atoms with Crippen LogP contribution in [0.3, 0.4) is 0 Å². The minimum atomic E-state index is -3.94. The predicted octanol–water partition coefficient (Wildman–Crippen LogP) is 0.395. The Hall–Kier alpha value is -2.27. The van der Waals surface area contributed by atoms with Crippen LogP contribution in [0.4, 0.5) is 0 Å². The summed E-state index contributed by atoms with van der Waals surface area (Å²) < 4.78 is 47.6. The Labute approximate surface area is 123 Å². The van der Waals surface area contributed by atoms with Crippen LogP contribution in [0.15, 0.2) is 39.6 Å². The van der Waals surface area contributed by atoms with Crippen molar-refractivity contribution in [2.24, 2.45) is 4.36 Å². The minimum Gasteiger partial charge on any atom is -0.481 e. The molecule has 9 nitrogen and oxygen atoms in total. The van der Waals surface area contributed by atoms with Crippen LogP contribution in [-0.2, 0) is 25.3 Å². The summed E-state index contributed by atoms with van der Waals surface area (Å²) in [6.45, 7) is 1.08. The predicted molar refractivity (Wildman–Crippen MR) is 73.8 cm³/mol. The van der Waals surface area contributed by atoms with Crippen molar-refractivity contribution in [2.45, 2.75) is 11.8 Å². The van der Waals surface area contributed by atoms with E-state index in [0.29, 0.717) is 4.31 Å². The second kappa shape index (κ2) is 8.11. The number of benzene rings is 1. The van der Waals surface area contributed by atoms with E-state index in [-0.39, 0.29) is 4.90 Å². The highest BCUT2D eigenvalue weighted by Crippen LogP contribution is 2.13. The molecule has 1 aromatic rings. The number of nitrogens with zero attached hydrogens (tertiary/aromatic N) is 2. The van der Waals surface area contributed by atoms with Crippen LogP contribution in [0.2, 0.25) is 0 Å². The van der Waals surface area contributed by atoms with Gasteiger partial charge in [0.15, 0.2) is 0 Å². The first kappa shape index (κ1) is 18.7. The maximum Gasteiger partial charge on any atom is 0.319 e. The van der Waals surface area contributed by atoms with Gasteiger partial charge in [-0.05, 0) is 12.1 Å². The van der Waals surface area contributed by atoms with E-state index in [4.69, 9.17) is 15.3 Å². The highest BCUT2D eigenvalue weighted by Gasteiger charge is 2.22. The third-order valence-electron chi connectivity index (χ3n) is 1.86. The molecule has 0 aliphatic rings. The fourth-order valence-electron chi connectivity index (χ4n) is 0.993. The second-order valence-electron chi connectivity index (χ2n) is 3.44. The van der Waals surface area contributed by atoms with E-state index >= 15 is 0 Å². The smallest absolute Gasteiger partial charge is 0.319 e. The average Bonchev–Trinajstić information content (AvgIpc) is 2.37. The van der Waals surface area contributed by atoms with Crippen molar-refractivity contribution < 1.29 is 26.7 Å². The first-order valence-corrected chi connectivity index (χ1v) is 7.69. The largest absolute Gasteiger partial charge is 0.481 e. The van der Waals surface area contributed by atoms with Crippen LogP contribution in [0, 0.1) is 5.41 Å². The third-order valence-corrected chi connectivity index (χ3v) is 3.94. The van der Waals surface area contributed by atoms with E-state index in [9.17, 15) is 16.8 Å². The van der Waals surface area contributed by atoms with Gasteiger partial charge in [0.2, 0.25) is 5.96 Å². The molecule has 0 radical (unpaired) electrons. The SMILES string of the molecule is CC(=O)O.CN(C(=N)N=S(=O)=O)S(=O)(=O)c1ccccc1. The Morgan fingerprint density at radius 3 is 2.10 bits per heavy atom. The number of nitrogens with one attached hydrogen (secondary N) is 1. The summed E-state index contributed by atoms with van der Waals surface area (Å²) >= 11 is 0. The highest BCUT2D eigenvalue weighted by molar-refractivity contribution is 7.89. The minimum absolute atomic E-state index is 0.0425. The van der Waals surface area contributed by atoms with Gasteiger partial charge < -0.3 is 5.11 Å². The molecule has 1 rings (SSSR count). The first-order valence-electron chi connectivity index (χ1n) is 5.22. The molecule has 0 aliphatic carbocycles. The number of guanidine groups is 1. The topological polar surface area (TPSA) is 145 Å². The third kappa shape index (κ3) is 6.63. The molecule has 0 atom stereocenters. The lowest BCUT2D eigenvalue weighted by Crippen LogP contribution is -2.31. The fourth-order valence-corrected chi connectivity index (χ4v) is 2.39. The van der Waals surface area contributed by atoms with E-state index in [0.717, 1.165) is 14.0 Å². The molecule has 0 amide bonds. The van der Waals surface area contributed by atoms with Gasteiger partial charge in [0, 0.05) is 14.0 Å². The molecule has 0 heterocycles. The summed E-state index contributed by atoms with van der Waals surface area (Å²) in [4.78, 5) is 8.96. The van der Waals surface area contributed by atoms with Crippen molar-refractivity contribution in [3.05, 3.63) is 30.3 Å². The van der Waals surface area contributed by atoms with Gasteiger partial charge in [-0.15, -0.1) is 0 Å². The Balaban J connectivity index is 0.000000885. The van der Waals surface area contributed by atoms with E-state index in [1.165, 1.54) is 24.3 Å². The van der Waals surface area contributed by atoms with Gasteiger partial charge in [-0.1, -0.05) is 22.6 Å². The number of carboxylic acids is 1. The molecule has 11 heteroatoms. The van der Waals surface area contributed by atoms with Crippen LogP contribution in [0.5, 0.6) is 0 Å². The lowest BCUT2D eigenvalue weighted by atomic mass is 10.4. The quantitative estimate of drug-likeness (QED) is 0.591. The summed E-state index contributed by atoms with van der Waals surface area (Å²) in [6.07, 6.45) is 0. The molecule has 0 aliphatic heterocycles. The zero-order chi connectivity index (χ0) is 16.6. The molecular formula is C10H13N3O6S2. The lowest BCUT2D eigenvalue weighted by molar-refractivity contribution is -0.134. The molecule has 1 aromatic carbocycles. The molecule has 0 bridgehead atoms. The summed E-state index contributed by atoms with van der Waals surface area (Å²) in [7, 11) is -5.75. The summed E-state index contributed by atoms with van der Waals surface area (Å²) in [5.74, 6) is -1.71. The summed E-state index contributed by atoms with van der Waals surface area (Å²) in [5, 5.41) is 14.6. The van der Waals surface area contributed by atoms with Crippen molar-refractivity contribution >= 4 is 32.5 Å². The van der Waals surface area contributed by atoms with E-state index in [1.807, 2.05) is 0 Å². The maximum absolute atomic E-state index is 11.9. The van der Waals surface area contributed by atoms with Crippen LogP contribution in [0.1, 0.15) is 6.92 Å². The van der Waals surface area contributed by atoms with Gasteiger partial charge in [-0.25, -0.2) is 12.7 Å². The number of rotatable bonds is 2. The Morgan fingerprint density at radius 1 is 1.29 bits per heavy atom. The Kier molecular flexibility index (Phi) is 7.24. The molecular weight excluding hydrogens is 322 g/mol. The van der Waals surface area contributed by atoms with Gasteiger partial charge in [0.25, 0.3) is 16.0 Å². The van der Waals surface area contributed by atoms with Gasteiger partial charge in [0.05, 0.1) is 4.90 Å². The van der Waals surface area contributed by atoms with E-state index in [1.54, 1.807) is 6.07 Å². The molecule has 0 spiro atoms. The lowest BCUT2D eigenvalue weighted by Gasteiger charge is -2.15. The molecule has 0 fully saturated rings. The highest BCUT2D eigenvalue weighted by atomic mass is 32.2. The number of aliphatic carboxylic acids is 1. The molecule has 0 unspecified atom stereocenters. The normalized spacial score (nSPS) is 9.81. The number of sulfonamides is 1. The van der Waals surface area contributed by atoms with Crippen LogP contribution >= 0.6 is 0 Å². The molecule has 0 aromatic heterocycles. The number of carboxylic acid groups (broad SMARTS) is 1. The van der Waals surface area contributed by atoms with Gasteiger partial charge in [-0.3, -0.25) is 10.2 Å². The standard InChI is InChI=1S/C8H9N3O4S2.C2H4O2/c1-11(8(9)10-16(12)13)17(14,15)7-5-3-2-4-6-7;1-2(3)4/h2-6,9H,1H3;1H3,(H,3,4). The van der Waals surface area contributed by atoms with E-state index in [2.05, 4.69) is 4.36 Å². The monoisotopic (exact) mass is 335 g/mol. The molecule has 2 N–H and O–H groups in total. The van der Waals surface area contributed by atoms with Crippen molar-refractivity contribution in [3.63, 3.8) is 0 Å².